The minimum Gasteiger partial charge on any atom is -0.337 e. The maximum absolute atomic E-state index is 13.1. The van der Waals surface area contributed by atoms with Crippen molar-refractivity contribution in [1.82, 2.24) is 4.90 Å². The summed E-state index contributed by atoms with van der Waals surface area (Å²) in [6.45, 7) is 0.350. The van der Waals surface area contributed by atoms with Crippen LogP contribution in [0.1, 0.15) is 15.9 Å². The topological polar surface area (TPSA) is 20.3 Å². The van der Waals surface area contributed by atoms with Crippen LogP contribution < -0.4 is 0 Å². The monoisotopic (exact) mass is 389 g/mol. The highest BCUT2D eigenvalue weighted by Crippen LogP contribution is 2.22. The highest BCUT2D eigenvalue weighted by molar-refractivity contribution is 9.10. The average molecular weight is 391 g/mol. The molecule has 0 saturated carbocycles. The highest BCUT2D eigenvalue weighted by atomic mass is 79.9. The lowest BCUT2D eigenvalue weighted by molar-refractivity contribution is 0.0784. The molecule has 0 spiro atoms. The Morgan fingerprint density at radius 1 is 1.19 bits per heavy atom. The molecule has 0 N–H and O–H groups in total. The lowest BCUT2D eigenvalue weighted by Gasteiger charge is -2.18. The van der Waals surface area contributed by atoms with Gasteiger partial charge in [0.25, 0.3) is 5.91 Å². The minimum absolute atomic E-state index is 0.224. The fourth-order valence-corrected chi connectivity index (χ4v) is 3.01. The van der Waals surface area contributed by atoms with Crippen LogP contribution in [0.15, 0.2) is 40.9 Å². The van der Waals surface area contributed by atoms with Gasteiger partial charge in [-0.1, -0.05) is 23.2 Å². The summed E-state index contributed by atoms with van der Waals surface area (Å²) in [4.78, 5) is 13.9. The van der Waals surface area contributed by atoms with Crippen molar-refractivity contribution in [2.24, 2.45) is 0 Å². The number of amides is 1. The van der Waals surface area contributed by atoms with Crippen molar-refractivity contribution in [2.45, 2.75) is 6.54 Å². The summed E-state index contributed by atoms with van der Waals surface area (Å²) in [5.41, 5.74) is 1.22. The zero-order valence-electron chi connectivity index (χ0n) is 11.0. The molecule has 0 atom stereocenters. The maximum Gasteiger partial charge on any atom is 0.255 e. The Bertz CT molecular complexity index is 673. The molecule has 110 valence electrons. The second-order valence-electron chi connectivity index (χ2n) is 4.56. The van der Waals surface area contributed by atoms with E-state index in [0.29, 0.717) is 26.6 Å². The van der Waals surface area contributed by atoms with E-state index in [0.717, 1.165) is 5.56 Å². The van der Waals surface area contributed by atoms with Gasteiger partial charge in [-0.15, -0.1) is 0 Å². The summed E-state index contributed by atoms with van der Waals surface area (Å²) < 4.78 is 13.5. The number of rotatable bonds is 3. The smallest absolute Gasteiger partial charge is 0.255 e. The Labute approximate surface area is 140 Å². The molecule has 2 rings (SSSR count). The third-order valence-electron chi connectivity index (χ3n) is 2.85. The lowest BCUT2D eigenvalue weighted by Crippen LogP contribution is -2.26. The molecule has 6 heteroatoms. The van der Waals surface area contributed by atoms with Gasteiger partial charge in [-0.25, -0.2) is 4.39 Å². The van der Waals surface area contributed by atoms with Crippen LogP contribution >= 0.6 is 39.1 Å². The van der Waals surface area contributed by atoms with Gasteiger partial charge in [-0.2, -0.15) is 0 Å². The van der Waals surface area contributed by atoms with Crippen LogP contribution in [0.2, 0.25) is 10.0 Å². The Morgan fingerprint density at radius 2 is 1.81 bits per heavy atom. The number of carbonyl (C=O) groups is 1. The first-order valence-electron chi connectivity index (χ1n) is 6.02. The molecule has 2 aromatic carbocycles. The molecule has 0 unspecified atom stereocenters. The Morgan fingerprint density at radius 3 is 2.38 bits per heavy atom. The van der Waals surface area contributed by atoms with Gasteiger partial charge in [0.05, 0.1) is 5.56 Å². The van der Waals surface area contributed by atoms with Crippen LogP contribution in [0.25, 0.3) is 0 Å². The molecule has 21 heavy (non-hydrogen) atoms. The van der Waals surface area contributed by atoms with Crippen molar-refractivity contribution in [1.29, 1.82) is 0 Å². The average Bonchev–Trinajstić information content (AvgIpc) is 2.36. The maximum atomic E-state index is 13.1. The molecule has 0 aliphatic rings. The van der Waals surface area contributed by atoms with Crippen LogP contribution in [0.5, 0.6) is 0 Å². The Kier molecular flexibility index (Phi) is 5.25. The number of benzene rings is 2. The van der Waals surface area contributed by atoms with E-state index in [1.165, 1.54) is 23.1 Å². The van der Waals surface area contributed by atoms with E-state index in [9.17, 15) is 9.18 Å². The Hall–Kier alpha value is -1.10. The first-order valence-corrected chi connectivity index (χ1v) is 7.57. The van der Waals surface area contributed by atoms with Gasteiger partial charge in [-0.05, 0) is 57.9 Å². The van der Waals surface area contributed by atoms with Gasteiger partial charge in [0.15, 0.2) is 0 Å². The predicted octanol–water partition coefficient (Wildman–Crippen LogP) is 5.17. The lowest BCUT2D eigenvalue weighted by atomic mass is 10.1. The molecular formula is C15H11BrCl2FNO. The van der Waals surface area contributed by atoms with Crippen molar-refractivity contribution in [3.05, 3.63) is 67.9 Å². The molecule has 2 nitrogen and oxygen atoms in total. The number of nitrogens with zero attached hydrogens (tertiary/aromatic N) is 1. The summed E-state index contributed by atoms with van der Waals surface area (Å²) in [5.74, 6) is -0.624. The number of halogens is 4. The molecule has 1 amide bonds. The SMILES string of the molecule is CN(Cc1cc(Cl)cc(Cl)c1)C(=O)c1ccc(F)cc1Br. The van der Waals surface area contributed by atoms with E-state index in [-0.39, 0.29) is 5.91 Å². The van der Waals surface area contributed by atoms with Crippen molar-refractivity contribution in [3.63, 3.8) is 0 Å². The van der Waals surface area contributed by atoms with E-state index in [1.54, 1.807) is 25.2 Å². The third-order valence-corrected chi connectivity index (χ3v) is 3.94. The first-order chi connectivity index (χ1) is 9.86. The molecule has 0 aliphatic carbocycles. The highest BCUT2D eigenvalue weighted by Gasteiger charge is 2.16. The molecule has 0 fully saturated rings. The molecule has 0 aliphatic heterocycles. The number of carbonyl (C=O) groups excluding carboxylic acids is 1. The standard InChI is InChI=1S/C15H11BrCl2FNO/c1-20(8-9-4-10(17)6-11(18)5-9)15(21)13-3-2-12(19)7-14(13)16/h2-7H,8H2,1H3. The van der Waals surface area contributed by atoms with Gasteiger partial charge >= 0.3 is 0 Å². The molecule has 0 saturated heterocycles. The second-order valence-corrected chi connectivity index (χ2v) is 6.29. The van der Waals surface area contributed by atoms with Crippen molar-refractivity contribution in [2.75, 3.05) is 7.05 Å². The normalized spacial score (nSPS) is 10.5. The minimum atomic E-state index is -0.400. The van der Waals surface area contributed by atoms with Crippen LogP contribution in [0, 0.1) is 5.82 Å². The molecule has 0 heterocycles. The number of hydrogen-bond donors (Lipinski definition) is 0. The zero-order chi connectivity index (χ0) is 15.6. The number of hydrogen-bond acceptors (Lipinski definition) is 1. The van der Waals surface area contributed by atoms with E-state index in [4.69, 9.17) is 23.2 Å². The zero-order valence-corrected chi connectivity index (χ0v) is 14.1. The molecule has 2 aromatic rings. The Balaban J connectivity index is 2.19. The van der Waals surface area contributed by atoms with E-state index < -0.39 is 5.82 Å². The van der Waals surface area contributed by atoms with E-state index >= 15 is 0 Å². The molecule has 0 bridgehead atoms. The summed E-state index contributed by atoms with van der Waals surface area (Å²) in [7, 11) is 1.66. The molecule has 0 radical (unpaired) electrons. The fraction of sp³-hybridized carbons (Fsp3) is 0.133. The van der Waals surface area contributed by atoms with E-state index in [1.807, 2.05) is 0 Å². The summed E-state index contributed by atoms with van der Waals surface area (Å²) in [5, 5.41) is 1.03. The second kappa shape index (κ2) is 6.77. The van der Waals surface area contributed by atoms with Gasteiger partial charge < -0.3 is 4.90 Å². The van der Waals surface area contributed by atoms with Gasteiger partial charge in [0.2, 0.25) is 0 Å². The van der Waals surface area contributed by atoms with Gasteiger partial charge in [0, 0.05) is 28.1 Å². The van der Waals surface area contributed by atoms with Gasteiger partial charge in [-0.3, -0.25) is 4.79 Å². The first kappa shape index (κ1) is 16.3. The van der Waals surface area contributed by atoms with Crippen molar-refractivity contribution >= 4 is 45.0 Å². The largest absolute Gasteiger partial charge is 0.337 e. The van der Waals surface area contributed by atoms with Crippen LogP contribution in [0.3, 0.4) is 0 Å². The quantitative estimate of drug-likeness (QED) is 0.708. The predicted molar refractivity (Wildman–Crippen MR) is 86.4 cm³/mol. The fourth-order valence-electron chi connectivity index (χ4n) is 1.92. The molecule has 0 aromatic heterocycles. The van der Waals surface area contributed by atoms with Crippen molar-refractivity contribution < 1.29 is 9.18 Å². The van der Waals surface area contributed by atoms with E-state index in [2.05, 4.69) is 15.9 Å². The van der Waals surface area contributed by atoms with Crippen LogP contribution in [-0.2, 0) is 6.54 Å². The van der Waals surface area contributed by atoms with Crippen LogP contribution in [-0.4, -0.2) is 17.9 Å². The summed E-state index contributed by atoms with van der Waals surface area (Å²) in [6.07, 6.45) is 0. The summed E-state index contributed by atoms with van der Waals surface area (Å²) in [6, 6.07) is 9.08. The summed E-state index contributed by atoms with van der Waals surface area (Å²) >= 11 is 15.1. The van der Waals surface area contributed by atoms with Crippen molar-refractivity contribution in [3.8, 4) is 0 Å². The van der Waals surface area contributed by atoms with Gasteiger partial charge in [0.1, 0.15) is 5.82 Å². The third kappa shape index (κ3) is 4.19. The van der Waals surface area contributed by atoms with Crippen LogP contribution in [0.4, 0.5) is 4.39 Å². The molecular weight excluding hydrogens is 380 g/mol.